The van der Waals surface area contributed by atoms with Gasteiger partial charge in [-0.3, -0.25) is 4.79 Å². The van der Waals surface area contributed by atoms with Gasteiger partial charge in [0, 0.05) is 31.9 Å². The number of amides is 1. The van der Waals surface area contributed by atoms with Gasteiger partial charge in [0.2, 0.25) is 0 Å². The second kappa shape index (κ2) is 12.7. The lowest BCUT2D eigenvalue weighted by molar-refractivity contribution is -0.137. The lowest BCUT2D eigenvalue weighted by atomic mass is 9.90. The van der Waals surface area contributed by atoms with E-state index in [9.17, 15) is 18.0 Å². The average Bonchev–Trinajstić information content (AvgIpc) is 3.00. The molecule has 2 aliphatic rings. The van der Waals surface area contributed by atoms with Crippen molar-refractivity contribution in [3.05, 3.63) is 95.1 Å². The van der Waals surface area contributed by atoms with Gasteiger partial charge in [0.15, 0.2) is 12.7 Å². The molecule has 6 nitrogen and oxygen atoms in total. The number of rotatable bonds is 8. The molecule has 3 aromatic carbocycles. The Morgan fingerprint density at radius 1 is 0.976 bits per heavy atom. The molecule has 1 aliphatic heterocycles. The predicted octanol–water partition coefficient (Wildman–Crippen LogP) is 6.64. The number of hydrogen-bond donors (Lipinski definition) is 0. The van der Waals surface area contributed by atoms with Crippen LogP contribution < -0.4 is 9.64 Å². The van der Waals surface area contributed by atoms with Crippen LogP contribution in [0.1, 0.15) is 54.5 Å². The molecule has 1 aliphatic carbocycles. The van der Waals surface area contributed by atoms with Crippen molar-refractivity contribution < 1.29 is 27.5 Å². The summed E-state index contributed by atoms with van der Waals surface area (Å²) in [4.78, 5) is 22.3. The minimum atomic E-state index is -4.39. The van der Waals surface area contributed by atoms with E-state index in [1.54, 1.807) is 11.0 Å². The Bertz CT molecular complexity index is 1370. The average molecular weight is 566 g/mol. The molecule has 0 radical (unpaired) electrons. The molecule has 1 saturated heterocycles. The van der Waals surface area contributed by atoms with E-state index in [-0.39, 0.29) is 18.6 Å². The number of ether oxygens (including phenoxy) is 1. The van der Waals surface area contributed by atoms with E-state index in [1.807, 2.05) is 42.2 Å². The summed E-state index contributed by atoms with van der Waals surface area (Å²) < 4.78 is 44.9. The van der Waals surface area contributed by atoms with Crippen LogP contribution in [0.2, 0.25) is 0 Å². The summed E-state index contributed by atoms with van der Waals surface area (Å²) in [5.41, 5.74) is 4.14. The Morgan fingerprint density at radius 2 is 1.73 bits per heavy atom. The molecule has 0 spiro atoms. The van der Waals surface area contributed by atoms with Crippen LogP contribution in [-0.2, 0) is 22.2 Å². The number of benzene rings is 3. The molecule has 9 heteroatoms. The van der Waals surface area contributed by atoms with E-state index in [1.165, 1.54) is 17.2 Å². The van der Waals surface area contributed by atoms with Gasteiger partial charge in [-0.05, 0) is 84.8 Å². The molecule has 1 amide bonds. The van der Waals surface area contributed by atoms with Crippen molar-refractivity contribution in [2.75, 3.05) is 37.7 Å². The van der Waals surface area contributed by atoms with Crippen LogP contribution in [-0.4, -0.2) is 49.3 Å². The maximum Gasteiger partial charge on any atom is 0.416 e. The maximum absolute atomic E-state index is 13.1. The summed E-state index contributed by atoms with van der Waals surface area (Å²) in [5.74, 6) is 0.414. The number of carbonyl (C=O) groups is 1. The highest BCUT2D eigenvalue weighted by Crippen LogP contribution is 2.33. The number of fused-ring (bicyclic) bond motifs is 1. The number of oxime groups is 1. The standard InChI is InChI=1S/C32H34F3N3O3/c1-2-29(36-41-30-12-5-8-23-7-3-4-11-28(23)30)24-13-15-27(16-14-24)40-22-31(39)38-19-17-37(18-20-38)26-10-6-9-25(21-26)32(33,34)35/h3-4,6-7,9-11,13-16,21,30H,2,5,8,12,17-20,22H2,1H3/b36-29-. The first-order valence-corrected chi connectivity index (χ1v) is 14.1. The normalized spacial score (nSPS) is 17.7. The Hall–Kier alpha value is -4.01. The molecule has 5 rings (SSSR count). The molecule has 3 aromatic rings. The van der Waals surface area contributed by atoms with Crippen LogP contribution in [0.15, 0.2) is 78.0 Å². The minimum Gasteiger partial charge on any atom is -0.484 e. The van der Waals surface area contributed by atoms with Gasteiger partial charge in [-0.1, -0.05) is 42.4 Å². The molecule has 1 fully saturated rings. The number of halogens is 3. The summed E-state index contributed by atoms with van der Waals surface area (Å²) in [6, 6.07) is 21.1. The number of aryl methyl sites for hydroxylation is 1. The molecular formula is C32H34F3N3O3. The smallest absolute Gasteiger partial charge is 0.416 e. The number of piperazine rings is 1. The van der Waals surface area contributed by atoms with Gasteiger partial charge >= 0.3 is 6.18 Å². The lowest BCUT2D eigenvalue weighted by Gasteiger charge is -2.36. The van der Waals surface area contributed by atoms with Crippen molar-refractivity contribution in [1.29, 1.82) is 0 Å². The van der Waals surface area contributed by atoms with Crippen LogP contribution in [0, 0.1) is 0 Å². The molecular weight excluding hydrogens is 531 g/mol. The van der Waals surface area contributed by atoms with Gasteiger partial charge in [-0.25, -0.2) is 0 Å². The highest BCUT2D eigenvalue weighted by molar-refractivity contribution is 6.00. The Kier molecular flexibility index (Phi) is 8.81. The Labute approximate surface area is 238 Å². The zero-order valence-corrected chi connectivity index (χ0v) is 23.1. The van der Waals surface area contributed by atoms with Gasteiger partial charge in [0.1, 0.15) is 5.75 Å². The number of anilines is 1. The van der Waals surface area contributed by atoms with Crippen molar-refractivity contribution in [3.8, 4) is 5.75 Å². The zero-order chi connectivity index (χ0) is 28.8. The van der Waals surface area contributed by atoms with Crippen LogP contribution in [0.25, 0.3) is 0 Å². The van der Waals surface area contributed by atoms with Crippen LogP contribution in [0.3, 0.4) is 0 Å². The van der Waals surface area contributed by atoms with Crippen LogP contribution in [0.4, 0.5) is 18.9 Å². The molecule has 0 bridgehead atoms. The minimum absolute atomic E-state index is 0.0398. The number of hydrogen-bond acceptors (Lipinski definition) is 5. The highest BCUT2D eigenvalue weighted by Gasteiger charge is 2.31. The summed E-state index contributed by atoms with van der Waals surface area (Å²) >= 11 is 0. The van der Waals surface area contributed by atoms with Crippen molar-refractivity contribution in [3.63, 3.8) is 0 Å². The molecule has 1 heterocycles. The first kappa shape index (κ1) is 28.5. The molecule has 1 atom stereocenters. The fourth-order valence-corrected chi connectivity index (χ4v) is 5.34. The fraction of sp³-hybridized carbons (Fsp3) is 0.375. The predicted molar refractivity (Wildman–Crippen MR) is 152 cm³/mol. The van der Waals surface area contributed by atoms with Gasteiger partial charge < -0.3 is 19.4 Å². The van der Waals surface area contributed by atoms with Gasteiger partial charge in [0.05, 0.1) is 11.3 Å². The summed E-state index contributed by atoms with van der Waals surface area (Å²) in [5, 5.41) is 4.50. The molecule has 216 valence electrons. The third-order valence-corrected chi connectivity index (χ3v) is 7.66. The lowest BCUT2D eigenvalue weighted by Crippen LogP contribution is -2.50. The molecule has 0 saturated carbocycles. The third-order valence-electron chi connectivity index (χ3n) is 7.66. The largest absolute Gasteiger partial charge is 0.484 e. The van der Waals surface area contributed by atoms with E-state index in [2.05, 4.69) is 23.4 Å². The SMILES string of the molecule is CC/C(=N/OC1CCCc2ccccc21)c1ccc(OCC(=O)N2CCN(c3cccc(C(F)(F)F)c3)CC2)cc1. The second-order valence-corrected chi connectivity index (χ2v) is 10.3. The number of nitrogens with zero attached hydrogens (tertiary/aromatic N) is 3. The first-order chi connectivity index (χ1) is 19.8. The topological polar surface area (TPSA) is 54.4 Å². The quantitative estimate of drug-likeness (QED) is 0.227. The first-order valence-electron chi connectivity index (χ1n) is 14.1. The summed E-state index contributed by atoms with van der Waals surface area (Å²) in [6.07, 6.45) is -0.626. The van der Waals surface area contributed by atoms with Crippen LogP contribution in [0.5, 0.6) is 5.75 Å². The molecule has 0 aromatic heterocycles. The number of carbonyl (C=O) groups excluding carboxylic acids is 1. The second-order valence-electron chi connectivity index (χ2n) is 10.3. The van der Waals surface area contributed by atoms with Gasteiger partial charge in [-0.2, -0.15) is 13.2 Å². The van der Waals surface area contributed by atoms with Crippen molar-refractivity contribution in [2.24, 2.45) is 5.16 Å². The van der Waals surface area contributed by atoms with Gasteiger partial charge in [-0.15, -0.1) is 0 Å². The van der Waals surface area contributed by atoms with Gasteiger partial charge in [0.25, 0.3) is 5.91 Å². The van der Waals surface area contributed by atoms with Crippen molar-refractivity contribution >= 4 is 17.3 Å². The van der Waals surface area contributed by atoms with E-state index in [0.29, 0.717) is 44.0 Å². The van der Waals surface area contributed by atoms with E-state index >= 15 is 0 Å². The maximum atomic E-state index is 13.1. The Balaban J connectivity index is 1.11. The van der Waals surface area contributed by atoms with E-state index in [4.69, 9.17) is 9.57 Å². The van der Waals surface area contributed by atoms with E-state index in [0.717, 1.165) is 42.7 Å². The molecule has 0 N–H and O–H groups in total. The molecule has 1 unspecified atom stereocenters. The third kappa shape index (κ3) is 7.01. The summed E-state index contributed by atoms with van der Waals surface area (Å²) in [6.45, 7) is 3.66. The van der Waals surface area contributed by atoms with E-state index < -0.39 is 11.7 Å². The summed E-state index contributed by atoms with van der Waals surface area (Å²) in [7, 11) is 0. The number of alkyl halides is 3. The van der Waals surface area contributed by atoms with Crippen molar-refractivity contribution in [1.82, 2.24) is 4.90 Å². The molecule has 41 heavy (non-hydrogen) atoms. The van der Waals surface area contributed by atoms with Crippen LogP contribution >= 0.6 is 0 Å². The Morgan fingerprint density at radius 3 is 2.46 bits per heavy atom. The fourth-order valence-electron chi connectivity index (χ4n) is 5.34. The van der Waals surface area contributed by atoms with Crippen molar-refractivity contribution in [2.45, 2.75) is 44.9 Å². The zero-order valence-electron chi connectivity index (χ0n) is 23.1. The highest BCUT2D eigenvalue weighted by atomic mass is 19.4. The monoisotopic (exact) mass is 565 g/mol.